The standard InChI is InChI=1S/C10H20O5S.Na.H/c1-2-3-4-5-6-7-10(12)15-16(13,14)9-8-11;;/h11H,2-9H2,1H3;;/q;+1;-1. The first-order chi connectivity index (χ1) is 7.52. The summed E-state index contributed by atoms with van der Waals surface area (Å²) in [5.74, 6) is -1.26. The summed E-state index contributed by atoms with van der Waals surface area (Å²) in [5.41, 5.74) is 0. The Balaban J connectivity index is -0.00000112. The number of carbonyl (C=O) groups is 1. The molecule has 0 radical (unpaired) electrons. The fourth-order valence-corrected chi connectivity index (χ4v) is 1.88. The molecule has 5 nitrogen and oxygen atoms in total. The molecule has 0 heterocycles. The van der Waals surface area contributed by atoms with Crippen molar-refractivity contribution >= 4 is 16.1 Å². The van der Waals surface area contributed by atoms with Crippen molar-refractivity contribution in [2.24, 2.45) is 0 Å². The van der Waals surface area contributed by atoms with Gasteiger partial charge in [0, 0.05) is 6.42 Å². The van der Waals surface area contributed by atoms with Gasteiger partial charge in [0.15, 0.2) is 0 Å². The predicted octanol–water partition coefficient (Wildman–Crippen LogP) is -1.67. The van der Waals surface area contributed by atoms with Gasteiger partial charge in [-0.2, -0.15) is 8.42 Å². The fraction of sp³-hybridized carbons (Fsp3) is 0.900. The average molecular weight is 276 g/mol. The third kappa shape index (κ3) is 12.6. The molecule has 0 rings (SSSR count). The molecule has 0 saturated carbocycles. The topological polar surface area (TPSA) is 80.7 Å². The van der Waals surface area contributed by atoms with Crippen LogP contribution in [-0.4, -0.2) is 31.9 Å². The Kier molecular flexibility index (Phi) is 13.3. The molecule has 0 unspecified atom stereocenters. The van der Waals surface area contributed by atoms with Crippen LogP contribution < -0.4 is 29.6 Å². The number of unbranched alkanes of at least 4 members (excludes halogenated alkanes) is 4. The Labute approximate surface area is 127 Å². The van der Waals surface area contributed by atoms with Gasteiger partial charge in [-0.05, 0) is 6.42 Å². The Bertz CT molecular complexity index is 295. The summed E-state index contributed by atoms with van der Waals surface area (Å²) >= 11 is 0. The van der Waals surface area contributed by atoms with Crippen molar-refractivity contribution in [3.8, 4) is 0 Å². The third-order valence-electron chi connectivity index (χ3n) is 2.05. The van der Waals surface area contributed by atoms with Crippen LogP contribution in [-0.2, 0) is 19.1 Å². The second-order valence-electron chi connectivity index (χ2n) is 3.60. The van der Waals surface area contributed by atoms with Crippen LogP contribution in [0.4, 0.5) is 0 Å². The van der Waals surface area contributed by atoms with Gasteiger partial charge in [-0.25, -0.2) is 0 Å². The van der Waals surface area contributed by atoms with Crippen molar-refractivity contribution in [2.75, 3.05) is 12.4 Å². The van der Waals surface area contributed by atoms with Crippen molar-refractivity contribution in [3.05, 3.63) is 0 Å². The summed E-state index contributed by atoms with van der Waals surface area (Å²) in [7, 11) is -3.88. The van der Waals surface area contributed by atoms with Crippen molar-refractivity contribution in [3.63, 3.8) is 0 Å². The first kappa shape index (κ1) is 19.7. The summed E-state index contributed by atoms with van der Waals surface area (Å²) in [6.45, 7) is 1.56. The molecule has 0 saturated heterocycles. The Hall–Kier alpha value is 0.380. The molecule has 0 aliphatic heterocycles. The van der Waals surface area contributed by atoms with Gasteiger partial charge in [-0.15, -0.1) is 0 Å². The van der Waals surface area contributed by atoms with Crippen LogP contribution >= 0.6 is 0 Å². The first-order valence-corrected chi connectivity index (χ1v) is 7.15. The van der Waals surface area contributed by atoms with E-state index in [4.69, 9.17) is 5.11 Å². The third-order valence-corrected chi connectivity index (χ3v) is 3.17. The number of carbonyl (C=O) groups excluding carboxylic acids is 1. The SMILES string of the molecule is CCCCCCCC(=O)OS(=O)(=O)CCO.[H-].[Na+]. The predicted molar refractivity (Wildman–Crippen MR) is 61.5 cm³/mol. The van der Waals surface area contributed by atoms with Crippen molar-refractivity contribution in [1.29, 1.82) is 0 Å². The maximum absolute atomic E-state index is 11.1. The van der Waals surface area contributed by atoms with Crippen LogP contribution in [0.3, 0.4) is 0 Å². The fourth-order valence-electron chi connectivity index (χ4n) is 1.21. The summed E-state index contributed by atoms with van der Waals surface area (Å²) in [6.07, 6.45) is 4.96. The molecule has 0 amide bonds. The van der Waals surface area contributed by atoms with Crippen LogP contribution in [0.15, 0.2) is 0 Å². The van der Waals surface area contributed by atoms with E-state index in [0.29, 0.717) is 6.42 Å². The maximum atomic E-state index is 11.1. The minimum absolute atomic E-state index is 0. The molecule has 0 atom stereocenters. The summed E-state index contributed by atoms with van der Waals surface area (Å²) < 4.78 is 26.2. The first-order valence-electron chi connectivity index (χ1n) is 5.57. The van der Waals surface area contributed by atoms with Gasteiger partial charge in [-0.3, -0.25) is 4.79 Å². The molecule has 7 heteroatoms. The van der Waals surface area contributed by atoms with E-state index in [0.717, 1.165) is 25.7 Å². The van der Waals surface area contributed by atoms with Crippen molar-refractivity contribution < 1.29 is 53.5 Å². The minimum atomic E-state index is -3.88. The second-order valence-corrected chi connectivity index (χ2v) is 5.30. The molecule has 17 heavy (non-hydrogen) atoms. The van der Waals surface area contributed by atoms with E-state index in [1.807, 2.05) is 0 Å². The van der Waals surface area contributed by atoms with E-state index in [9.17, 15) is 13.2 Å². The number of rotatable bonds is 9. The van der Waals surface area contributed by atoms with E-state index >= 15 is 0 Å². The Morgan fingerprint density at radius 1 is 1.24 bits per heavy atom. The van der Waals surface area contributed by atoms with Gasteiger partial charge in [0.25, 0.3) is 0 Å². The summed E-state index contributed by atoms with van der Waals surface area (Å²) in [5, 5.41) is 8.42. The molecule has 0 aromatic heterocycles. The summed E-state index contributed by atoms with van der Waals surface area (Å²) in [4.78, 5) is 11.1. The van der Waals surface area contributed by atoms with Crippen LogP contribution in [0, 0.1) is 0 Å². The van der Waals surface area contributed by atoms with Crippen molar-refractivity contribution in [2.45, 2.75) is 45.4 Å². The van der Waals surface area contributed by atoms with E-state index in [1.54, 1.807) is 0 Å². The van der Waals surface area contributed by atoms with Gasteiger partial charge in [0.2, 0.25) is 0 Å². The Morgan fingerprint density at radius 2 is 1.82 bits per heavy atom. The molecular formula is C10H21NaO5S. The van der Waals surface area contributed by atoms with Gasteiger partial charge in [0.05, 0.1) is 6.61 Å². The average Bonchev–Trinajstić information content (AvgIpc) is 2.16. The quantitative estimate of drug-likeness (QED) is 0.309. The summed E-state index contributed by atoms with van der Waals surface area (Å²) in [6, 6.07) is 0. The van der Waals surface area contributed by atoms with E-state index in [-0.39, 0.29) is 37.4 Å². The number of hydrogen-bond acceptors (Lipinski definition) is 5. The zero-order chi connectivity index (χ0) is 12.4. The van der Waals surface area contributed by atoms with Gasteiger partial charge in [-0.1, -0.05) is 32.6 Å². The molecule has 0 spiro atoms. The van der Waals surface area contributed by atoms with Gasteiger partial charge < -0.3 is 10.7 Å². The van der Waals surface area contributed by atoms with E-state index in [2.05, 4.69) is 11.1 Å². The van der Waals surface area contributed by atoms with Crippen LogP contribution in [0.25, 0.3) is 0 Å². The zero-order valence-corrected chi connectivity index (χ0v) is 13.5. The number of aliphatic hydroxyl groups excluding tert-OH is 1. The van der Waals surface area contributed by atoms with Crippen LogP contribution in [0.5, 0.6) is 0 Å². The maximum Gasteiger partial charge on any atom is 1.00 e. The number of hydrogen-bond donors (Lipinski definition) is 1. The molecule has 0 aromatic rings. The smallest absolute Gasteiger partial charge is 1.00 e. The van der Waals surface area contributed by atoms with Gasteiger partial charge in [0.1, 0.15) is 5.75 Å². The number of aliphatic hydroxyl groups is 1. The molecule has 1 N–H and O–H groups in total. The molecule has 0 aliphatic carbocycles. The van der Waals surface area contributed by atoms with Crippen molar-refractivity contribution in [1.82, 2.24) is 0 Å². The van der Waals surface area contributed by atoms with E-state index < -0.39 is 28.4 Å². The molecule has 0 bridgehead atoms. The monoisotopic (exact) mass is 276 g/mol. The van der Waals surface area contributed by atoms with Crippen LogP contribution in [0.2, 0.25) is 0 Å². The second kappa shape index (κ2) is 11.5. The molecule has 0 aliphatic rings. The zero-order valence-electron chi connectivity index (χ0n) is 11.6. The van der Waals surface area contributed by atoms with Crippen LogP contribution in [0.1, 0.15) is 46.9 Å². The molecule has 0 fully saturated rings. The van der Waals surface area contributed by atoms with E-state index in [1.165, 1.54) is 0 Å². The Morgan fingerprint density at radius 3 is 2.35 bits per heavy atom. The normalized spacial score (nSPS) is 10.7. The minimum Gasteiger partial charge on any atom is -1.00 e. The molecule has 98 valence electrons. The molecular weight excluding hydrogens is 255 g/mol. The molecule has 0 aromatic carbocycles. The van der Waals surface area contributed by atoms with Gasteiger partial charge >= 0.3 is 45.6 Å². The largest absolute Gasteiger partial charge is 1.00 e.